The van der Waals surface area contributed by atoms with Crippen molar-refractivity contribution in [3.8, 4) is 0 Å². The summed E-state index contributed by atoms with van der Waals surface area (Å²) >= 11 is 0. The zero-order valence-corrected chi connectivity index (χ0v) is 8.04. The van der Waals surface area contributed by atoms with Crippen LogP contribution in [-0.4, -0.2) is 20.0 Å². The molecule has 0 saturated heterocycles. The minimum absolute atomic E-state index is 0.380. The van der Waals surface area contributed by atoms with E-state index in [0.717, 1.165) is 5.92 Å². The molecule has 0 nitrogen and oxygen atoms in total. The first-order valence-electron chi connectivity index (χ1n) is 3.74. The molecule has 0 heterocycles. The summed E-state index contributed by atoms with van der Waals surface area (Å²) in [7, 11) is 0.380. The highest BCUT2D eigenvalue weighted by atomic mass is 31.1. The Morgan fingerprint density at radius 3 is 1.33 bits per heavy atom. The van der Waals surface area contributed by atoms with Gasteiger partial charge in [0.1, 0.15) is 0 Å². The standard InChI is InChI=1S/C5H10.C3H9P/c1-5-3-2-4-5;1-4(2)3/h5H,2-4H2,1H3;1-3H3. The normalized spacial score (nSPS) is 18.3. The number of hydrogen-bond acceptors (Lipinski definition) is 0. The molecule has 0 atom stereocenters. The van der Waals surface area contributed by atoms with Crippen molar-refractivity contribution >= 4 is 7.92 Å². The summed E-state index contributed by atoms with van der Waals surface area (Å²) in [4.78, 5) is 0. The lowest BCUT2D eigenvalue weighted by atomic mass is 9.88. The summed E-state index contributed by atoms with van der Waals surface area (Å²) < 4.78 is 0. The fourth-order valence-corrected chi connectivity index (χ4v) is 0.612. The summed E-state index contributed by atoms with van der Waals surface area (Å²) in [5, 5.41) is 0. The molecule has 1 rings (SSSR count). The topological polar surface area (TPSA) is 0 Å². The zero-order valence-electron chi connectivity index (χ0n) is 7.15. The Hall–Kier alpha value is 0.430. The molecule has 0 radical (unpaired) electrons. The Balaban J connectivity index is 0.000000148. The lowest BCUT2D eigenvalue weighted by molar-refractivity contribution is 0.346. The van der Waals surface area contributed by atoms with Crippen LogP contribution < -0.4 is 0 Å². The van der Waals surface area contributed by atoms with Gasteiger partial charge < -0.3 is 0 Å². The molecular weight excluding hydrogens is 127 g/mol. The Kier molecular flexibility index (Phi) is 5.48. The van der Waals surface area contributed by atoms with E-state index in [1.807, 2.05) is 0 Å². The van der Waals surface area contributed by atoms with Crippen molar-refractivity contribution < 1.29 is 0 Å². The van der Waals surface area contributed by atoms with Gasteiger partial charge in [-0.1, -0.05) is 26.2 Å². The highest BCUT2D eigenvalue weighted by Gasteiger charge is 2.09. The molecule has 1 saturated carbocycles. The number of hydrogen-bond donors (Lipinski definition) is 0. The third-order valence-electron chi connectivity index (χ3n) is 1.39. The summed E-state index contributed by atoms with van der Waals surface area (Å²) in [5.74, 6) is 1.06. The largest absolute Gasteiger partial charge is 0.116 e. The molecule has 9 heavy (non-hydrogen) atoms. The summed E-state index contributed by atoms with van der Waals surface area (Å²) in [5.41, 5.74) is 0. The van der Waals surface area contributed by atoms with Crippen molar-refractivity contribution in [3.05, 3.63) is 0 Å². The van der Waals surface area contributed by atoms with Gasteiger partial charge in [0.25, 0.3) is 0 Å². The lowest BCUT2D eigenvalue weighted by Crippen LogP contribution is -2.04. The SMILES string of the molecule is CC1CCC1.CP(C)C. The van der Waals surface area contributed by atoms with Crippen LogP contribution in [0.5, 0.6) is 0 Å². The van der Waals surface area contributed by atoms with Gasteiger partial charge in [0, 0.05) is 0 Å². The summed E-state index contributed by atoms with van der Waals surface area (Å²) in [6.45, 7) is 9.00. The smallest absolute Gasteiger partial charge is 0.0443 e. The molecule has 0 aromatic rings. The van der Waals surface area contributed by atoms with Gasteiger partial charge >= 0.3 is 0 Å². The molecule has 0 aromatic carbocycles. The fourth-order valence-electron chi connectivity index (χ4n) is 0.612. The molecule has 0 unspecified atom stereocenters. The molecule has 1 aliphatic rings. The van der Waals surface area contributed by atoms with E-state index in [4.69, 9.17) is 0 Å². The van der Waals surface area contributed by atoms with Crippen molar-refractivity contribution in [1.82, 2.24) is 0 Å². The Morgan fingerprint density at radius 2 is 1.33 bits per heavy atom. The van der Waals surface area contributed by atoms with Crippen molar-refractivity contribution in [2.24, 2.45) is 5.92 Å². The van der Waals surface area contributed by atoms with Crippen LogP contribution in [0.3, 0.4) is 0 Å². The van der Waals surface area contributed by atoms with E-state index in [1.165, 1.54) is 19.3 Å². The van der Waals surface area contributed by atoms with Crippen molar-refractivity contribution in [2.75, 3.05) is 20.0 Å². The van der Waals surface area contributed by atoms with Crippen LogP contribution in [0.4, 0.5) is 0 Å². The first-order valence-corrected chi connectivity index (χ1v) is 6.42. The Labute approximate surface area is 60.8 Å². The molecule has 0 aliphatic heterocycles. The average Bonchev–Trinajstić information content (AvgIpc) is 1.59. The summed E-state index contributed by atoms with van der Waals surface area (Å²) in [6, 6.07) is 0. The minimum Gasteiger partial charge on any atom is -0.116 e. The molecule has 0 N–H and O–H groups in total. The van der Waals surface area contributed by atoms with Crippen LogP contribution in [0, 0.1) is 5.92 Å². The van der Waals surface area contributed by atoms with E-state index < -0.39 is 0 Å². The van der Waals surface area contributed by atoms with E-state index in [2.05, 4.69) is 26.9 Å². The van der Waals surface area contributed by atoms with Crippen LogP contribution in [0.2, 0.25) is 0 Å². The molecule has 0 spiro atoms. The van der Waals surface area contributed by atoms with Gasteiger partial charge in [0.2, 0.25) is 0 Å². The van der Waals surface area contributed by atoms with Crippen molar-refractivity contribution in [1.29, 1.82) is 0 Å². The first-order chi connectivity index (χ1) is 4.13. The van der Waals surface area contributed by atoms with E-state index >= 15 is 0 Å². The van der Waals surface area contributed by atoms with Crippen molar-refractivity contribution in [2.45, 2.75) is 26.2 Å². The Bertz CT molecular complexity index is 52.8. The maximum absolute atomic E-state index is 2.31. The minimum atomic E-state index is 0.380. The molecule has 1 heteroatoms. The van der Waals surface area contributed by atoms with E-state index in [9.17, 15) is 0 Å². The second-order valence-electron chi connectivity index (χ2n) is 3.38. The van der Waals surface area contributed by atoms with Crippen LogP contribution in [0.25, 0.3) is 0 Å². The molecule has 1 fully saturated rings. The van der Waals surface area contributed by atoms with Gasteiger partial charge in [-0.05, 0) is 25.9 Å². The van der Waals surface area contributed by atoms with Gasteiger partial charge in [-0.15, -0.1) is 7.92 Å². The van der Waals surface area contributed by atoms with Gasteiger partial charge in [0.05, 0.1) is 0 Å². The molecule has 0 bridgehead atoms. The Morgan fingerprint density at radius 1 is 1.11 bits per heavy atom. The first kappa shape index (κ1) is 9.43. The second kappa shape index (κ2) is 5.23. The quantitative estimate of drug-likeness (QED) is 0.460. The van der Waals surface area contributed by atoms with Crippen LogP contribution in [0.15, 0.2) is 0 Å². The molecule has 0 aromatic heterocycles. The van der Waals surface area contributed by atoms with Gasteiger partial charge in [-0.2, -0.15) is 0 Å². The van der Waals surface area contributed by atoms with Crippen molar-refractivity contribution in [3.63, 3.8) is 0 Å². The molecular formula is C8H19P. The lowest BCUT2D eigenvalue weighted by Gasteiger charge is -2.18. The molecule has 0 amide bonds. The highest BCUT2D eigenvalue weighted by Crippen LogP contribution is 2.24. The third kappa shape index (κ3) is 8.43. The predicted octanol–water partition coefficient (Wildman–Crippen LogP) is 3.16. The highest BCUT2D eigenvalue weighted by molar-refractivity contribution is 7.55. The maximum atomic E-state index is 2.31. The zero-order chi connectivity index (χ0) is 7.28. The van der Waals surface area contributed by atoms with E-state index in [0.29, 0.717) is 7.92 Å². The van der Waals surface area contributed by atoms with Gasteiger partial charge in [-0.3, -0.25) is 0 Å². The third-order valence-corrected chi connectivity index (χ3v) is 1.39. The van der Waals surface area contributed by atoms with Gasteiger partial charge in [0.15, 0.2) is 0 Å². The van der Waals surface area contributed by atoms with Crippen LogP contribution in [0.1, 0.15) is 26.2 Å². The maximum Gasteiger partial charge on any atom is -0.0443 e. The molecule has 1 aliphatic carbocycles. The second-order valence-corrected chi connectivity index (χ2v) is 6.06. The fraction of sp³-hybridized carbons (Fsp3) is 1.00. The predicted molar refractivity (Wildman–Crippen MR) is 47.7 cm³/mol. The molecule has 56 valence electrons. The summed E-state index contributed by atoms with van der Waals surface area (Å²) in [6.07, 6.45) is 4.46. The van der Waals surface area contributed by atoms with Crippen LogP contribution >= 0.6 is 7.92 Å². The van der Waals surface area contributed by atoms with E-state index in [-0.39, 0.29) is 0 Å². The average molecular weight is 146 g/mol. The number of rotatable bonds is 0. The van der Waals surface area contributed by atoms with Crippen LogP contribution in [-0.2, 0) is 0 Å². The van der Waals surface area contributed by atoms with Gasteiger partial charge in [-0.25, -0.2) is 0 Å². The van der Waals surface area contributed by atoms with E-state index in [1.54, 1.807) is 0 Å². The monoisotopic (exact) mass is 146 g/mol.